The molecular formula is C58H62Cl2Zr-2. The minimum atomic E-state index is 0. The number of hydrogen-bond donors (Lipinski definition) is 0. The van der Waals surface area contributed by atoms with Crippen molar-refractivity contribution in [1.29, 1.82) is 0 Å². The van der Waals surface area contributed by atoms with Crippen molar-refractivity contribution >= 4 is 3.21 Å². The van der Waals surface area contributed by atoms with E-state index in [1.165, 1.54) is 152 Å². The first-order chi connectivity index (χ1) is 28.0. The van der Waals surface area contributed by atoms with Gasteiger partial charge in [0, 0.05) is 0 Å². The van der Waals surface area contributed by atoms with Gasteiger partial charge in [-0.3, -0.25) is 0 Å². The van der Waals surface area contributed by atoms with Gasteiger partial charge in [-0.1, -0.05) is 127 Å². The van der Waals surface area contributed by atoms with Gasteiger partial charge in [0.2, 0.25) is 0 Å². The number of hydrogen-bond acceptors (Lipinski definition) is 0. The third-order valence-corrected chi connectivity index (χ3v) is 13.0. The Kier molecular flexibility index (Phi) is 17.4. The molecule has 0 atom stereocenters. The molecule has 7 aromatic rings. The Morgan fingerprint density at radius 1 is 0.590 bits per heavy atom. The summed E-state index contributed by atoms with van der Waals surface area (Å²) >= 11 is 1.46. The summed E-state index contributed by atoms with van der Waals surface area (Å²) in [5, 5.41) is 0. The zero-order valence-corrected chi connectivity index (χ0v) is 42.4. The van der Waals surface area contributed by atoms with Crippen LogP contribution in [0.1, 0.15) is 112 Å². The standard InChI is InChI=1S/C31H29.C15H14.C12H19.2ClH.Zr/c1-18-11-20(3)30(21(4)12-18)24-7-9-28-26(15-24)17-27-16-25(8-10-29(27)28)31-22(5)13-19(2)14-23(31)6;1-12-3-7-14(8-4-12)11-15-9-5-13(2)6-10-15;1-5-6-10-7-8-11(9-10)12(2,3)4;;;/h7-15H,17H2,1-6H3;3-10H,1-2H3;7-9H,5-6H2,1-4H3;2*1H;/q-1;;-1;;;+2/p-2. The van der Waals surface area contributed by atoms with Crippen LogP contribution in [0.4, 0.5) is 0 Å². The van der Waals surface area contributed by atoms with Gasteiger partial charge in [-0.25, -0.2) is 6.07 Å². The molecule has 0 aromatic heterocycles. The van der Waals surface area contributed by atoms with Gasteiger partial charge < -0.3 is 24.8 Å². The van der Waals surface area contributed by atoms with Crippen LogP contribution in [0.25, 0.3) is 33.4 Å². The second-order valence-electron chi connectivity index (χ2n) is 18.0. The molecule has 1 aliphatic carbocycles. The fraction of sp³-hybridized carbons (Fsp3) is 0.276. The molecule has 0 spiro atoms. The van der Waals surface area contributed by atoms with E-state index in [0.29, 0.717) is 5.41 Å². The van der Waals surface area contributed by atoms with Crippen LogP contribution in [0.2, 0.25) is 0 Å². The molecule has 0 aliphatic heterocycles. The first-order valence-corrected chi connectivity index (χ1v) is 22.6. The van der Waals surface area contributed by atoms with Crippen LogP contribution in [-0.4, -0.2) is 3.21 Å². The van der Waals surface area contributed by atoms with Crippen molar-refractivity contribution in [3.8, 4) is 33.4 Å². The summed E-state index contributed by atoms with van der Waals surface area (Å²) < 4.78 is 1.42. The summed E-state index contributed by atoms with van der Waals surface area (Å²) in [6, 6.07) is 48.8. The maximum atomic E-state index is 3.78. The molecule has 0 N–H and O–H groups in total. The topological polar surface area (TPSA) is 0 Å². The fourth-order valence-electron chi connectivity index (χ4n) is 8.68. The molecule has 0 unspecified atom stereocenters. The third kappa shape index (κ3) is 12.1. The van der Waals surface area contributed by atoms with Crippen LogP contribution < -0.4 is 24.8 Å². The molecule has 0 saturated heterocycles. The predicted octanol–water partition coefficient (Wildman–Crippen LogP) is 9.33. The number of aryl methyl sites for hydroxylation is 9. The number of fused-ring (bicyclic) bond motifs is 3. The molecule has 0 radical (unpaired) electrons. The molecule has 1 aliphatic rings. The maximum absolute atomic E-state index is 3.78. The molecular weight excluding hydrogens is 859 g/mol. The summed E-state index contributed by atoms with van der Waals surface area (Å²) in [5.74, 6) is 0. The van der Waals surface area contributed by atoms with Gasteiger partial charge in [0.15, 0.2) is 0 Å². The number of rotatable bonds is 6. The Balaban J connectivity index is 0.000000229. The first kappa shape index (κ1) is 49.7. The van der Waals surface area contributed by atoms with Crippen LogP contribution in [0.3, 0.4) is 0 Å². The Labute approximate surface area is 395 Å². The zero-order valence-electron chi connectivity index (χ0n) is 38.4. The van der Waals surface area contributed by atoms with Crippen molar-refractivity contribution in [2.45, 2.75) is 108 Å². The van der Waals surface area contributed by atoms with Gasteiger partial charge in [-0.15, -0.1) is 29.3 Å². The van der Waals surface area contributed by atoms with Crippen molar-refractivity contribution in [3.63, 3.8) is 0 Å². The molecule has 0 fully saturated rings. The molecule has 61 heavy (non-hydrogen) atoms. The molecule has 3 heteroatoms. The Hall–Kier alpha value is -4.00. The smallest absolute Gasteiger partial charge is 1.00 e. The van der Waals surface area contributed by atoms with E-state index in [1.54, 1.807) is 0 Å². The summed E-state index contributed by atoms with van der Waals surface area (Å²) in [5.41, 5.74) is 27.3. The van der Waals surface area contributed by atoms with Crippen LogP contribution in [0, 0.1) is 61.5 Å². The molecule has 0 saturated carbocycles. The zero-order chi connectivity index (χ0) is 42.6. The Bertz CT molecular complexity index is 2400. The third-order valence-electron chi connectivity index (χ3n) is 11.6. The van der Waals surface area contributed by atoms with Crippen LogP contribution in [0.5, 0.6) is 0 Å². The van der Waals surface area contributed by atoms with Gasteiger partial charge >= 0.3 is 112 Å². The van der Waals surface area contributed by atoms with E-state index in [4.69, 9.17) is 0 Å². The van der Waals surface area contributed by atoms with Gasteiger partial charge in [0.1, 0.15) is 0 Å². The average Bonchev–Trinajstić information content (AvgIpc) is 3.80. The van der Waals surface area contributed by atoms with Crippen molar-refractivity contribution in [3.05, 3.63) is 205 Å². The van der Waals surface area contributed by atoms with E-state index in [9.17, 15) is 0 Å². The SMILES string of the molecule is CCCc1cc(C(C)(C)C)c[cH-]1.Cc1cc(C)c(-c2[c-]c3c(cc2)-c2ccc(-c4c(C)cc(C)cc4C)cc2C3)c(C)c1.Cc1ccc([C](=[Zr+2])c2ccc(C)cc2)cc1.[Cl-].[Cl-]. The summed E-state index contributed by atoms with van der Waals surface area (Å²) in [7, 11) is 0. The summed E-state index contributed by atoms with van der Waals surface area (Å²) in [4.78, 5) is 0. The van der Waals surface area contributed by atoms with E-state index in [1.807, 2.05) is 0 Å². The number of benzene rings is 6. The fourth-order valence-corrected chi connectivity index (χ4v) is 9.50. The molecule has 7 aromatic carbocycles. The van der Waals surface area contributed by atoms with E-state index < -0.39 is 0 Å². The van der Waals surface area contributed by atoms with Crippen LogP contribution >= 0.6 is 0 Å². The molecule has 0 heterocycles. The summed E-state index contributed by atoms with van der Waals surface area (Å²) in [6.45, 7) is 26.5. The first-order valence-electron chi connectivity index (χ1n) is 21.4. The molecule has 0 nitrogen and oxygen atoms in total. The largest absolute Gasteiger partial charge is 1.00 e. The van der Waals surface area contributed by atoms with E-state index in [2.05, 4.69) is 210 Å². The van der Waals surface area contributed by atoms with Gasteiger partial charge in [-0.05, 0) is 75.8 Å². The van der Waals surface area contributed by atoms with Crippen molar-refractivity contribution in [1.82, 2.24) is 0 Å². The average molecular weight is 921 g/mol. The Morgan fingerprint density at radius 2 is 1.08 bits per heavy atom. The second kappa shape index (κ2) is 21.4. The van der Waals surface area contributed by atoms with E-state index >= 15 is 0 Å². The monoisotopic (exact) mass is 918 g/mol. The maximum Gasteiger partial charge on any atom is -1.00 e. The normalized spacial score (nSPS) is 11.2. The van der Waals surface area contributed by atoms with Crippen LogP contribution in [-0.2, 0) is 42.5 Å². The minimum absolute atomic E-state index is 0. The van der Waals surface area contributed by atoms with Crippen molar-refractivity contribution in [2.24, 2.45) is 0 Å². The van der Waals surface area contributed by atoms with Crippen LogP contribution in [0.15, 0.2) is 121 Å². The number of halogens is 2. The minimum Gasteiger partial charge on any atom is -1.00 e. The van der Waals surface area contributed by atoms with Crippen molar-refractivity contribution < 1.29 is 49.0 Å². The van der Waals surface area contributed by atoms with E-state index in [0.717, 1.165) is 6.42 Å². The molecule has 0 amide bonds. The quantitative estimate of drug-likeness (QED) is 0.146. The predicted molar refractivity (Wildman–Crippen MR) is 253 cm³/mol. The van der Waals surface area contributed by atoms with Crippen molar-refractivity contribution in [2.75, 3.05) is 0 Å². The molecule has 314 valence electrons. The van der Waals surface area contributed by atoms with Gasteiger partial charge in [-0.2, -0.15) is 23.3 Å². The van der Waals surface area contributed by atoms with Gasteiger partial charge in [0.05, 0.1) is 0 Å². The Morgan fingerprint density at radius 3 is 1.56 bits per heavy atom. The molecule has 8 rings (SSSR count). The second-order valence-corrected chi connectivity index (χ2v) is 19.2. The van der Waals surface area contributed by atoms with Gasteiger partial charge in [0.25, 0.3) is 0 Å². The van der Waals surface area contributed by atoms with E-state index in [-0.39, 0.29) is 24.8 Å². The summed E-state index contributed by atoms with van der Waals surface area (Å²) in [6.07, 6.45) is 3.42. The molecule has 0 bridgehead atoms.